The van der Waals surface area contributed by atoms with E-state index in [2.05, 4.69) is 22.5 Å². The molecular weight excluding hydrogens is 369 g/mol. The summed E-state index contributed by atoms with van der Waals surface area (Å²) in [6, 6.07) is 0.434. The molecule has 118 valence electrons. The Morgan fingerprint density at radius 2 is 2.20 bits per heavy atom. The Balaban J connectivity index is 0.00000200. The lowest BCUT2D eigenvalue weighted by Gasteiger charge is -2.22. The number of fused-ring (bicyclic) bond motifs is 2. The van der Waals surface area contributed by atoms with Gasteiger partial charge in [0.05, 0.1) is 18.2 Å². The van der Waals surface area contributed by atoms with E-state index in [1.165, 1.54) is 12.8 Å². The average molecular weight is 397 g/mol. The number of ether oxygens (including phenoxy) is 2. The van der Waals surface area contributed by atoms with Crippen LogP contribution >= 0.6 is 24.0 Å². The highest BCUT2D eigenvalue weighted by atomic mass is 127. The maximum absolute atomic E-state index is 5.86. The first-order valence-electron chi connectivity index (χ1n) is 7.61. The van der Waals surface area contributed by atoms with Crippen molar-refractivity contribution in [3.05, 3.63) is 0 Å². The molecule has 2 heterocycles. The highest BCUT2D eigenvalue weighted by molar-refractivity contribution is 14.0. The summed E-state index contributed by atoms with van der Waals surface area (Å²) in [5, 5.41) is 6.81. The lowest BCUT2D eigenvalue weighted by Crippen LogP contribution is -2.47. The minimum absolute atomic E-state index is 0. The van der Waals surface area contributed by atoms with Crippen LogP contribution in [0.4, 0.5) is 0 Å². The monoisotopic (exact) mass is 397 g/mol. The van der Waals surface area contributed by atoms with Crippen molar-refractivity contribution in [1.29, 1.82) is 0 Å². The maximum atomic E-state index is 5.86. The quantitative estimate of drug-likeness (QED) is 0.298. The van der Waals surface area contributed by atoms with E-state index in [1.807, 2.05) is 6.92 Å². The first-order valence-corrected chi connectivity index (χ1v) is 7.61. The van der Waals surface area contributed by atoms with Crippen molar-refractivity contribution in [1.82, 2.24) is 10.6 Å². The van der Waals surface area contributed by atoms with Crippen LogP contribution in [-0.4, -0.2) is 50.5 Å². The van der Waals surface area contributed by atoms with Crippen molar-refractivity contribution in [2.75, 3.05) is 26.3 Å². The zero-order valence-corrected chi connectivity index (χ0v) is 14.9. The van der Waals surface area contributed by atoms with Gasteiger partial charge in [0.15, 0.2) is 5.96 Å². The average Bonchev–Trinajstić information content (AvgIpc) is 3.01. The normalized spacial score (nSPS) is 28.3. The van der Waals surface area contributed by atoms with Crippen molar-refractivity contribution in [3.63, 3.8) is 0 Å². The van der Waals surface area contributed by atoms with Crippen molar-refractivity contribution in [3.8, 4) is 0 Å². The molecule has 3 unspecified atom stereocenters. The van der Waals surface area contributed by atoms with Crippen molar-refractivity contribution < 1.29 is 9.47 Å². The molecule has 6 heteroatoms. The zero-order valence-electron chi connectivity index (χ0n) is 12.6. The smallest absolute Gasteiger partial charge is 0.191 e. The Kier molecular flexibility index (Phi) is 8.79. The summed E-state index contributed by atoms with van der Waals surface area (Å²) in [6.07, 6.45) is 5.36. The van der Waals surface area contributed by atoms with Gasteiger partial charge in [0, 0.05) is 26.3 Å². The third kappa shape index (κ3) is 5.37. The van der Waals surface area contributed by atoms with Crippen LogP contribution in [0.5, 0.6) is 0 Å². The molecule has 2 fully saturated rings. The fourth-order valence-electron chi connectivity index (χ4n) is 2.79. The summed E-state index contributed by atoms with van der Waals surface area (Å²) in [4.78, 5) is 4.59. The molecular formula is C14H28IN3O2. The number of hydrogen-bond acceptors (Lipinski definition) is 3. The number of halogens is 1. The van der Waals surface area contributed by atoms with E-state index in [-0.39, 0.29) is 24.0 Å². The second-order valence-electron chi connectivity index (χ2n) is 5.17. The number of hydrogen-bond donors (Lipinski definition) is 2. The van der Waals surface area contributed by atoms with Gasteiger partial charge < -0.3 is 20.1 Å². The molecule has 0 aromatic heterocycles. The molecule has 2 saturated heterocycles. The Morgan fingerprint density at radius 3 is 2.80 bits per heavy atom. The van der Waals surface area contributed by atoms with E-state index in [0.717, 1.165) is 45.1 Å². The molecule has 0 amide bonds. The molecule has 0 aromatic rings. The molecule has 0 spiro atoms. The highest BCUT2D eigenvalue weighted by Gasteiger charge is 2.41. The largest absolute Gasteiger partial charge is 0.382 e. The van der Waals surface area contributed by atoms with Gasteiger partial charge in [-0.15, -0.1) is 24.0 Å². The second kappa shape index (κ2) is 9.78. The van der Waals surface area contributed by atoms with E-state index in [9.17, 15) is 0 Å². The van der Waals surface area contributed by atoms with Crippen LogP contribution in [0.3, 0.4) is 0 Å². The van der Waals surface area contributed by atoms with Gasteiger partial charge in [0.25, 0.3) is 0 Å². The lowest BCUT2D eigenvalue weighted by atomic mass is 9.96. The Labute approximate surface area is 139 Å². The number of aliphatic imine (C=N–C) groups is 1. The summed E-state index contributed by atoms with van der Waals surface area (Å²) in [5.74, 6) is 0.917. The van der Waals surface area contributed by atoms with Gasteiger partial charge in [-0.3, -0.25) is 4.99 Å². The molecule has 2 aliphatic rings. The van der Waals surface area contributed by atoms with Crippen LogP contribution in [0.25, 0.3) is 0 Å². The van der Waals surface area contributed by atoms with E-state index >= 15 is 0 Å². The van der Waals surface area contributed by atoms with Crippen LogP contribution in [0, 0.1) is 0 Å². The van der Waals surface area contributed by atoms with Crippen molar-refractivity contribution in [2.24, 2.45) is 4.99 Å². The highest BCUT2D eigenvalue weighted by Crippen LogP contribution is 2.34. The van der Waals surface area contributed by atoms with Crippen molar-refractivity contribution in [2.45, 2.75) is 57.8 Å². The van der Waals surface area contributed by atoms with Crippen LogP contribution in [0.2, 0.25) is 0 Å². The van der Waals surface area contributed by atoms with Gasteiger partial charge >= 0.3 is 0 Å². The molecule has 2 rings (SSSR count). The van der Waals surface area contributed by atoms with Gasteiger partial charge in [0.2, 0.25) is 0 Å². The number of guanidine groups is 1. The Hall–Kier alpha value is -0.0800. The Bertz CT molecular complexity index is 302. The molecule has 0 radical (unpaired) electrons. The number of rotatable bonds is 7. The zero-order chi connectivity index (χ0) is 13.5. The van der Waals surface area contributed by atoms with Crippen LogP contribution < -0.4 is 10.6 Å². The molecule has 0 aromatic carbocycles. The van der Waals surface area contributed by atoms with Crippen LogP contribution in [0.15, 0.2) is 4.99 Å². The lowest BCUT2D eigenvalue weighted by molar-refractivity contribution is 0.0992. The van der Waals surface area contributed by atoms with Crippen LogP contribution in [0.1, 0.15) is 39.5 Å². The van der Waals surface area contributed by atoms with Crippen molar-refractivity contribution >= 4 is 29.9 Å². The van der Waals surface area contributed by atoms with Gasteiger partial charge in [-0.25, -0.2) is 0 Å². The molecule has 0 saturated carbocycles. The minimum Gasteiger partial charge on any atom is -0.382 e. The molecule has 0 aliphatic carbocycles. The van der Waals surface area contributed by atoms with E-state index in [0.29, 0.717) is 18.2 Å². The summed E-state index contributed by atoms with van der Waals surface area (Å²) < 4.78 is 11.2. The Morgan fingerprint density at radius 1 is 1.35 bits per heavy atom. The fraction of sp³-hybridized carbons (Fsp3) is 0.929. The maximum Gasteiger partial charge on any atom is 0.191 e. The number of nitrogens with zero attached hydrogens (tertiary/aromatic N) is 1. The molecule has 2 N–H and O–H groups in total. The van der Waals surface area contributed by atoms with Gasteiger partial charge in [0.1, 0.15) is 0 Å². The first-order chi connectivity index (χ1) is 9.33. The molecule has 2 aliphatic heterocycles. The third-order valence-electron chi connectivity index (χ3n) is 3.69. The molecule has 3 atom stereocenters. The predicted octanol–water partition coefficient (Wildman–Crippen LogP) is 1.91. The summed E-state index contributed by atoms with van der Waals surface area (Å²) in [5.41, 5.74) is 0. The van der Waals surface area contributed by atoms with Gasteiger partial charge in [-0.1, -0.05) is 0 Å². The third-order valence-corrected chi connectivity index (χ3v) is 3.69. The fourth-order valence-corrected chi connectivity index (χ4v) is 2.79. The molecule has 2 bridgehead atoms. The summed E-state index contributed by atoms with van der Waals surface area (Å²) in [7, 11) is 0. The van der Waals surface area contributed by atoms with Gasteiger partial charge in [-0.2, -0.15) is 0 Å². The number of nitrogens with one attached hydrogen (secondary N) is 2. The summed E-state index contributed by atoms with van der Waals surface area (Å²) in [6.45, 7) is 7.37. The van der Waals surface area contributed by atoms with E-state index < -0.39 is 0 Å². The second-order valence-corrected chi connectivity index (χ2v) is 5.17. The van der Waals surface area contributed by atoms with Gasteiger partial charge in [-0.05, 0) is 39.5 Å². The SMILES string of the molecule is CCNC(=NCCCOCC)NC1CC2CCC1O2.I. The topological polar surface area (TPSA) is 54.9 Å². The summed E-state index contributed by atoms with van der Waals surface area (Å²) >= 11 is 0. The van der Waals surface area contributed by atoms with E-state index in [4.69, 9.17) is 9.47 Å². The molecule has 20 heavy (non-hydrogen) atoms. The predicted molar refractivity (Wildman–Crippen MR) is 91.9 cm³/mol. The standard InChI is InChI=1S/C14H27N3O2.HI/c1-3-15-14(16-8-5-9-18-4-2)17-12-10-11-6-7-13(12)19-11;/h11-13H,3-10H2,1-2H3,(H2,15,16,17);1H. The minimum atomic E-state index is 0. The molecule has 5 nitrogen and oxygen atoms in total. The van der Waals surface area contributed by atoms with Crippen LogP contribution in [-0.2, 0) is 9.47 Å². The first kappa shape index (κ1) is 18.0. The van der Waals surface area contributed by atoms with E-state index in [1.54, 1.807) is 0 Å².